The van der Waals surface area contributed by atoms with Crippen molar-refractivity contribution in [3.8, 4) is 0 Å². The molecule has 0 spiro atoms. The number of nitrogens with two attached hydrogens (primary N) is 1. The van der Waals surface area contributed by atoms with Crippen molar-refractivity contribution in [2.45, 2.75) is 44.6 Å². The highest BCUT2D eigenvalue weighted by Crippen LogP contribution is 2.29. The van der Waals surface area contributed by atoms with Crippen LogP contribution in [0.4, 0.5) is 5.82 Å². The highest BCUT2D eigenvalue weighted by atomic mass is 15.0. The molecule has 1 aromatic heterocycles. The molecule has 3 N–H and O–H groups in total. The first-order valence-electron chi connectivity index (χ1n) is 5.94. The molecule has 2 rings (SSSR count). The van der Waals surface area contributed by atoms with Gasteiger partial charge in [0.1, 0.15) is 12.1 Å². The minimum Gasteiger partial charge on any atom is -0.368 e. The molecular formula is C12H20N4. The fourth-order valence-corrected chi connectivity index (χ4v) is 1.86. The Morgan fingerprint density at radius 1 is 1.44 bits per heavy atom. The summed E-state index contributed by atoms with van der Waals surface area (Å²) in [6, 6.07) is 2.01. The molecule has 1 saturated carbocycles. The standard InChI is InChI=1S/C12H20N4/c1-9(2)10-6-11(16-8-15-10)14-7-12(13)4-3-5-12/h6,8-9H,3-5,7,13H2,1-2H3,(H,14,15,16). The summed E-state index contributed by atoms with van der Waals surface area (Å²) < 4.78 is 0. The molecule has 1 fully saturated rings. The lowest BCUT2D eigenvalue weighted by Crippen LogP contribution is -2.52. The van der Waals surface area contributed by atoms with Crippen LogP contribution in [0.1, 0.15) is 44.7 Å². The summed E-state index contributed by atoms with van der Waals surface area (Å²) in [5.41, 5.74) is 7.20. The highest BCUT2D eigenvalue weighted by Gasteiger charge is 2.32. The van der Waals surface area contributed by atoms with Gasteiger partial charge in [0.2, 0.25) is 0 Å². The molecule has 1 heterocycles. The zero-order valence-electron chi connectivity index (χ0n) is 10.0. The Morgan fingerprint density at radius 3 is 2.75 bits per heavy atom. The third kappa shape index (κ3) is 2.50. The second-order valence-corrected chi connectivity index (χ2v) is 5.05. The van der Waals surface area contributed by atoms with Crippen LogP contribution in [0.25, 0.3) is 0 Å². The summed E-state index contributed by atoms with van der Waals surface area (Å²) in [7, 11) is 0. The predicted molar refractivity (Wildman–Crippen MR) is 65.4 cm³/mol. The smallest absolute Gasteiger partial charge is 0.129 e. The maximum absolute atomic E-state index is 6.14. The Bertz CT molecular complexity index is 358. The number of hydrogen-bond acceptors (Lipinski definition) is 4. The van der Waals surface area contributed by atoms with E-state index in [-0.39, 0.29) is 5.54 Å². The first-order valence-corrected chi connectivity index (χ1v) is 5.94. The minimum atomic E-state index is -0.0110. The van der Waals surface area contributed by atoms with Crippen LogP contribution in [0.2, 0.25) is 0 Å². The fourth-order valence-electron chi connectivity index (χ4n) is 1.86. The lowest BCUT2D eigenvalue weighted by Gasteiger charge is -2.38. The molecule has 0 saturated heterocycles. The van der Waals surface area contributed by atoms with Crippen LogP contribution >= 0.6 is 0 Å². The first-order chi connectivity index (χ1) is 7.59. The topological polar surface area (TPSA) is 63.8 Å². The average molecular weight is 220 g/mol. The Hall–Kier alpha value is -1.16. The Morgan fingerprint density at radius 2 is 2.19 bits per heavy atom. The molecule has 1 aliphatic carbocycles. The van der Waals surface area contributed by atoms with Crippen LogP contribution in [-0.2, 0) is 0 Å². The zero-order chi connectivity index (χ0) is 11.6. The van der Waals surface area contributed by atoms with Crippen molar-refractivity contribution in [1.82, 2.24) is 9.97 Å². The van der Waals surface area contributed by atoms with Crippen molar-refractivity contribution in [3.63, 3.8) is 0 Å². The monoisotopic (exact) mass is 220 g/mol. The van der Waals surface area contributed by atoms with Gasteiger partial charge in [0.05, 0.1) is 0 Å². The molecule has 0 unspecified atom stereocenters. The summed E-state index contributed by atoms with van der Waals surface area (Å²) in [6.07, 6.45) is 5.09. The lowest BCUT2D eigenvalue weighted by atomic mass is 9.78. The second-order valence-electron chi connectivity index (χ2n) is 5.05. The average Bonchev–Trinajstić information content (AvgIpc) is 2.24. The SMILES string of the molecule is CC(C)c1cc(NCC2(N)CCC2)ncn1. The molecule has 4 nitrogen and oxygen atoms in total. The number of nitrogens with one attached hydrogen (secondary N) is 1. The number of aromatic nitrogens is 2. The van der Waals surface area contributed by atoms with E-state index in [0.29, 0.717) is 5.92 Å². The third-order valence-electron chi connectivity index (χ3n) is 3.25. The summed E-state index contributed by atoms with van der Waals surface area (Å²) in [4.78, 5) is 8.44. The maximum Gasteiger partial charge on any atom is 0.129 e. The number of nitrogens with zero attached hydrogens (tertiary/aromatic N) is 2. The molecule has 1 aliphatic rings. The van der Waals surface area contributed by atoms with Gasteiger partial charge in [-0.3, -0.25) is 0 Å². The molecule has 16 heavy (non-hydrogen) atoms. The van der Waals surface area contributed by atoms with E-state index in [9.17, 15) is 0 Å². The summed E-state index contributed by atoms with van der Waals surface area (Å²) in [5, 5.41) is 3.31. The molecule has 0 amide bonds. The van der Waals surface area contributed by atoms with Crippen LogP contribution in [-0.4, -0.2) is 22.1 Å². The number of rotatable bonds is 4. The van der Waals surface area contributed by atoms with E-state index < -0.39 is 0 Å². The van der Waals surface area contributed by atoms with Crippen molar-refractivity contribution < 1.29 is 0 Å². The van der Waals surface area contributed by atoms with Crippen molar-refractivity contribution in [2.75, 3.05) is 11.9 Å². The van der Waals surface area contributed by atoms with Crippen LogP contribution in [0, 0.1) is 0 Å². The van der Waals surface area contributed by atoms with E-state index in [2.05, 4.69) is 29.1 Å². The van der Waals surface area contributed by atoms with Crippen molar-refractivity contribution >= 4 is 5.82 Å². The molecule has 4 heteroatoms. The normalized spacial score (nSPS) is 18.2. The molecule has 0 bridgehead atoms. The van der Waals surface area contributed by atoms with Gasteiger partial charge < -0.3 is 11.1 Å². The minimum absolute atomic E-state index is 0.0110. The van der Waals surface area contributed by atoms with Gasteiger partial charge in [0, 0.05) is 23.8 Å². The second kappa shape index (κ2) is 4.37. The van der Waals surface area contributed by atoms with Gasteiger partial charge in [-0.05, 0) is 25.2 Å². The van der Waals surface area contributed by atoms with Crippen LogP contribution in [0.3, 0.4) is 0 Å². The fraction of sp³-hybridized carbons (Fsp3) is 0.667. The van der Waals surface area contributed by atoms with Gasteiger partial charge in [-0.15, -0.1) is 0 Å². The van der Waals surface area contributed by atoms with Crippen LogP contribution in [0.5, 0.6) is 0 Å². The van der Waals surface area contributed by atoms with Gasteiger partial charge in [-0.2, -0.15) is 0 Å². The maximum atomic E-state index is 6.14. The van der Waals surface area contributed by atoms with Crippen LogP contribution < -0.4 is 11.1 Å². The number of anilines is 1. The third-order valence-corrected chi connectivity index (χ3v) is 3.25. The number of hydrogen-bond donors (Lipinski definition) is 2. The molecular weight excluding hydrogens is 200 g/mol. The van der Waals surface area contributed by atoms with Gasteiger partial charge in [0.15, 0.2) is 0 Å². The first kappa shape index (κ1) is 11.3. The van der Waals surface area contributed by atoms with Gasteiger partial charge in [-0.25, -0.2) is 9.97 Å². The Balaban J connectivity index is 1.96. The zero-order valence-corrected chi connectivity index (χ0v) is 10.0. The Kier molecular flexibility index (Phi) is 3.10. The quantitative estimate of drug-likeness (QED) is 0.813. The van der Waals surface area contributed by atoms with Crippen molar-refractivity contribution in [3.05, 3.63) is 18.1 Å². The van der Waals surface area contributed by atoms with E-state index in [1.807, 2.05) is 6.07 Å². The molecule has 1 aromatic rings. The lowest BCUT2D eigenvalue weighted by molar-refractivity contribution is 0.265. The van der Waals surface area contributed by atoms with Crippen molar-refractivity contribution in [1.29, 1.82) is 0 Å². The molecule has 88 valence electrons. The summed E-state index contributed by atoms with van der Waals surface area (Å²) in [5.74, 6) is 1.31. The van der Waals surface area contributed by atoms with Crippen molar-refractivity contribution in [2.24, 2.45) is 5.73 Å². The largest absolute Gasteiger partial charge is 0.368 e. The van der Waals surface area contributed by atoms with Gasteiger partial charge >= 0.3 is 0 Å². The summed E-state index contributed by atoms with van der Waals surface area (Å²) >= 11 is 0. The van der Waals surface area contributed by atoms with E-state index in [1.54, 1.807) is 6.33 Å². The van der Waals surface area contributed by atoms with E-state index in [0.717, 1.165) is 30.9 Å². The predicted octanol–water partition coefficient (Wildman–Crippen LogP) is 1.89. The Labute approximate surface area is 96.7 Å². The van der Waals surface area contributed by atoms with Gasteiger partial charge in [0.25, 0.3) is 0 Å². The summed E-state index contributed by atoms with van der Waals surface area (Å²) in [6.45, 7) is 5.06. The van der Waals surface area contributed by atoms with Crippen LogP contribution in [0.15, 0.2) is 12.4 Å². The van der Waals surface area contributed by atoms with E-state index in [1.165, 1.54) is 6.42 Å². The molecule has 0 atom stereocenters. The molecule has 0 radical (unpaired) electrons. The van der Waals surface area contributed by atoms with Gasteiger partial charge in [-0.1, -0.05) is 13.8 Å². The molecule has 0 aromatic carbocycles. The van der Waals surface area contributed by atoms with E-state index >= 15 is 0 Å². The van der Waals surface area contributed by atoms with E-state index in [4.69, 9.17) is 5.73 Å². The highest BCUT2D eigenvalue weighted by molar-refractivity contribution is 5.36. The molecule has 0 aliphatic heterocycles.